The Morgan fingerprint density at radius 3 is 1.12 bits per heavy atom. The number of carboxylic acids is 1. The topological polar surface area (TPSA) is 63.3 Å². The van der Waals surface area contributed by atoms with Crippen LogP contribution in [0.25, 0.3) is 0 Å². The molecule has 25 heavy (non-hydrogen) atoms. The molecule has 0 aliphatic rings. The van der Waals surface area contributed by atoms with Crippen LogP contribution < -0.4 is 5.73 Å². The minimum absolute atomic E-state index is 0.292. The SMILES string of the molecule is CCCC(=O)O.CCCCCCCCCCCCCCCCCCN. The second-order valence-electron chi connectivity index (χ2n) is 7.24. The van der Waals surface area contributed by atoms with E-state index in [0.29, 0.717) is 6.42 Å². The Morgan fingerprint density at radius 2 is 0.920 bits per heavy atom. The zero-order valence-electron chi connectivity index (χ0n) is 17.4. The number of unbranched alkanes of at least 4 members (excludes halogenated alkanes) is 15. The molecular formula is C22H47NO2. The number of hydrogen-bond donors (Lipinski definition) is 2. The Bertz CT molecular complexity index is 228. The van der Waals surface area contributed by atoms with Gasteiger partial charge >= 0.3 is 5.97 Å². The summed E-state index contributed by atoms with van der Waals surface area (Å²) in [4.78, 5) is 9.60. The van der Waals surface area contributed by atoms with Gasteiger partial charge in [0.05, 0.1) is 0 Å². The number of hydrogen-bond acceptors (Lipinski definition) is 2. The maximum Gasteiger partial charge on any atom is 0.303 e. The van der Waals surface area contributed by atoms with Gasteiger partial charge in [-0.2, -0.15) is 0 Å². The quantitative estimate of drug-likeness (QED) is 0.258. The van der Waals surface area contributed by atoms with Crippen LogP contribution >= 0.6 is 0 Å². The second-order valence-corrected chi connectivity index (χ2v) is 7.24. The molecule has 3 heteroatoms. The molecule has 0 amide bonds. The van der Waals surface area contributed by atoms with Crippen molar-refractivity contribution in [1.29, 1.82) is 0 Å². The van der Waals surface area contributed by atoms with E-state index in [-0.39, 0.29) is 0 Å². The normalized spacial score (nSPS) is 10.4. The highest BCUT2D eigenvalue weighted by Crippen LogP contribution is 2.13. The summed E-state index contributed by atoms with van der Waals surface area (Å²) in [6.45, 7) is 5.00. The summed E-state index contributed by atoms with van der Waals surface area (Å²) in [5.41, 5.74) is 5.48. The van der Waals surface area contributed by atoms with Crippen LogP contribution in [0.1, 0.15) is 129 Å². The van der Waals surface area contributed by atoms with Crippen molar-refractivity contribution in [2.45, 2.75) is 129 Å². The van der Waals surface area contributed by atoms with E-state index in [2.05, 4.69) is 6.92 Å². The van der Waals surface area contributed by atoms with Crippen molar-refractivity contribution in [2.75, 3.05) is 6.54 Å². The maximum absolute atomic E-state index is 9.60. The molecule has 152 valence electrons. The standard InChI is InChI=1S/C18H39N.C4H8O2/c1-2-3-4-5-6-7-8-9-10-11-12-13-14-15-16-17-18-19;1-2-3-4(5)6/h2-19H2,1H3;2-3H2,1H3,(H,5,6). The molecular weight excluding hydrogens is 310 g/mol. The van der Waals surface area contributed by atoms with Gasteiger partial charge in [0.2, 0.25) is 0 Å². The van der Waals surface area contributed by atoms with E-state index in [4.69, 9.17) is 10.8 Å². The number of rotatable bonds is 18. The van der Waals surface area contributed by atoms with Gasteiger partial charge < -0.3 is 10.8 Å². The molecule has 3 nitrogen and oxygen atoms in total. The van der Waals surface area contributed by atoms with Crippen LogP contribution in [0.3, 0.4) is 0 Å². The summed E-state index contributed by atoms with van der Waals surface area (Å²) >= 11 is 0. The summed E-state index contributed by atoms with van der Waals surface area (Å²) in [6.07, 6.45) is 23.9. The fraction of sp³-hybridized carbons (Fsp3) is 0.955. The van der Waals surface area contributed by atoms with Gasteiger partial charge in [-0.05, 0) is 19.4 Å². The number of carboxylic acid groups (broad SMARTS) is 1. The lowest BCUT2D eigenvalue weighted by Crippen LogP contribution is -1.97. The minimum atomic E-state index is -0.711. The fourth-order valence-corrected chi connectivity index (χ4v) is 2.91. The van der Waals surface area contributed by atoms with E-state index in [1.165, 1.54) is 103 Å². The summed E-state index contributed by atoms with van der Waals surface area (Å²) in [5.74, 6) is -0.711. The maximum atomic E-state index is 9.60. The Hall–Kier alpha value is -0.570. The third-order valence-electron chi connectivity index (χ3n) is 4.52. The highest BCUT2D eigenvalue weighted by atomic mass is 16.4. The molecule has 0 bridgehead atoms. The lowest BCUT2D eigenvalue weighted by Gasteiger charge is -2.03. The van der Waals surface area contributed by atoms with Crippen molar-refractivity contribution in [3.63, 3.8) is 0 Å². The van der Waals surface area contributed by atoms with Crippen LogP contribution in [0.5, 0.6) is 0 Å². The van der Waals surface area contributed by atoms with Gasteiger partial charge in [0.15, 0.2) is 0 Å². The molecule has 3 N–H and O–H groups in total. The Balaban J connectivity index is 0. The van der Waals surface area contributed by atoms with Crippen molar-refractivity contribution in [3.05, 3.63) is 0 Å². The summed E-state index contributed by atoms with van der Waals surface area (Å²) in [5, 5.41) is 7.91. The van der Waals surface area contributed by atoms with Gasteiger partial charge in [-0.15, -0.1) is 0 Å². The van der Waals surface area contributed by atoms with Crippen molar-refractivity contribution in [3.8, 4) is 0 Å². The molecule has 0 saturated carbocycles. The van der Waals surface area contributed by atoms with Gasteiger partial charge in [-0.3, -0.25) is 4.79 Å². The van der Waals surface area contributed by atoms with E-state index in [1.54, 1.807) is 0 Å². The minimum Gasteiger partial charge on any atom is -0.481 e. The number of aliphatic carboxylic acids is 1. The molecule has 0 aromatic carbocycles. The number of nitrogens with two attached hydrogens (primary N) is 1. The van der Waals surface area contributed by atoms with Crippen molar-refractivity contribution in [2.24, 2.45) is 5.73 Å². The van der Waals surface area contributed by atoms with E-state index in [1.807, 2.05) is 6.92 Å². The molecule has 0 aliphatic carbocycles. The van der Waals surface area contributed by atoms with E-state index in [0.717, 1.165) is 13.0 Å². The molecule has 0 aromatic rings. The predicted molar refractivity (Wildman–Crippen MR) is 111 cm³/mol. The molecule has 0 fully saturated rings. The zero-order valence-corrected chi connectivity index (χ0v) is 17.4. The summed E-state index contributed by atoms with van der Waals surface area (Å²) in [6, 6.07) is 0. The molecule has 0 radical (unpaired) electrons. The first kappa shape index (κ1) is 26.7. The number of carbonyl (C=O) groups is 1. The van der Waals surface area contributed by atoms with Gasteiger partial charge in [-0.25, -0.2) is 0 Å². The van der Waals surface area contributed by atoms with Crippen LogP contribution in [-0.2, 0) is 4.79 Å². The summed E-state index contributed by atoms with van der Waals surface area (Å²) in [7, 11) is 0. The van der Waals surface area contributed by atoms with E-state index < -0.39 is 5.97 Å². The first-order chi connectivity index (χ1) is 12.2. The highest BCUT2D eigenvalue weighted by molar-refractivity contribution is 5.66. The van der Waals surface area contributed by atoms with Crippen LogP contribution in [0.15, 0.2) is 0 Å². The van der Waals surface area contributed by atoms with Crippen LogP contribution in [0.4, 0.5) is 0 Å². The average molecular weight is 358 g/mol. The molecule has 0 unspecified atom stereocenters. The monoisotopic (exact) mass is 357 g/mol. The molecule has 0 aliphatic heterocycles. The zero-order chi connectivity index (χ0) is 19.0. The molecule has 0 atom stereocenters. The van der Waals surface area contributed by atoms with Gasteiger partial charge in [-0.1, -0.05) is 110 Å². The van der Waals surface area contributed by atoms with Gasteiger partial charge in [0, 0.05) is 6.42 Å². The van der Waals surface area contributed by atoms with Crippen molar-refractivity contribution in [1.82, 2.24) is 0 Å². The Labute approximate surface area is 158 Å². The Morgan fingerprint density at radius 1 is 0.600 bits per heavy atom. The average Bonchev–Trinajstić information content (AvgIpc) is 2.59. The third kappa shape index (κ3) is 31.7. The smallest absolute Gasteiger partial charge is 0.303 e. The van der Waals surface area contributed by atoms with Crippen molar-refractivity contribution < 1.29 is 9.90 Å². The van der Waals surface area contributed by atoms with Crippen LogP contribution in [0, 0.1) is 0 Å². The van der Waals surface area contributed by atoms with E-state index >= 15 is 0 Å². The lowest BCUT2D eigenvalue weighted by molar-refractivity contribution is -0.137. The van der Waals surface area contributed by atoms with Crippen LogP contribution in [0.2, 0.25) is 0 Å². The van der Waals surface area contributed by atoms with Gasteiger partial charge in [0.1, 0.15) is 0 Å². The highest BCUT2D eigenvalue weighted by Gasteiger charge is 1.94. The molecule has 0 heterocycles. The molecule has 0 saturated heterocycles. The Kier molecular flexibility index (Phi) is 27.4. The first-order valence-electron chi connectivity index (χ1n) is 11.1. The summed E-state index contributed by atoms with van der Waals surface area (Å²) < 4.78 is 0. The second kappa shape index (κ2) is 25.7. The predicted octanol–water partition coefficient (Wildman–Crippen LogP) is 7.08. The first-order valence-corrected chi connectivity index (χ1v) is 11.1. The molecule has 0 spiro atoms. The lowest BCUT2D eigenvalue weighted by atomic mass is 10.0. The van der Waals surface area contributed by atoms with Crippen LogP contribution in [-0.4, -0.2) is 17.6 Å². The largest absolute Gasteiger partial charge is 0.481 e. The molecule has 0 aromatic heterocycles. The molecule has 0 rings (SSSR count). The van der Waals surface area contributed by atoms with Crippen molar-refractivity contribution >= 4 is 5.97 Å². The van der Waals surface area contributed by atoms with E-state index in [9.17, 15) is 4.79 Å². The fourth-order valence-electron chi connectivity index (χ4n) is 2.91. The third-order valence-corrected chi connectivity index (χ3v) is 4.52. The van der Waals surface area contributed by atoms with Gasteiger partial charge in [0.25, 0.3) is 0 Å².